The predicted molar refractivity (Wildman–Crippen MR) is 92.3 cm³/mol. The summed E-state index contributed by atoms with van der Waals surface area (Å²) in [6.45, 7) is 7.27. The van der Waals surface area contributed by atoms with Crippen molar-refractivity contribution in [3.8, 4) is 6.07 Å². The van der Waals surface area contributed by atoms with Gasteiger partial charge in [-0.15, -0.1) is 0 Å². The van der Waals surface area contributed by atoms with Gasteiger partial charge in [-0.25, -0.2) is 0 Å². The number of amides is 1. The van der Waals surface area contributed by atoms with Crippen molar-refractivity contribution in [1.82, 2.24) is 5.32 Å². The minimum Gasteiger partial charge on any atom is -0.347 e. The summed E-state index contributed by atoms with van der Waals surface area (Å²) in [4.78, 5) is 12.3. The Morgan fingerprint density at radius 3 is 2.35 bits per heavy atom. The first-order valence-corrected chi connectivity index (χ1v) is 8.36. The van der Waals surface area contributed by atoms with Gasteiger partial charge in [0.15, 0.2) is 0 Å². The second kappa shape index (κ2) is 7.46. The first-order chi connectivity index (χ1) is 10.9. The van der Waals surface area contributed by atoms with E-state index in [1.807, 2.05) is 30.3 Å². The average Bonchev–Trinajstić information content (AvgIpc) is 2.54. The number of benzene rings is 1. The Balaban J connectivity index is 1.99. The van der Waals surface area contributed by atoms with Crippen molar-refractivity contribution in [3.63, 3.8) is 0 Å². The summed E-state index contributed by atoms with van der Waals surface area (Å²) in [5.74, 6) is 0.430. The zero-order valence-corrected chi connectivity index (χ0v) is 14.4. The van der Waals surface area contributed by atoms with Crippen molar-refractivity contribution in [1.29, 1.82) is 5.26 Å². The highest BCUT2D eigenvalue weighted by Gasteiger charge is 2.29. The third-order valence-electron chi connectivity index (χ3n) is 4.80. The van der Waals surface area contributed by atoms with Crippen LogP contribution in [-0.4, -0.2) is 5.91 Å². The number of carbonyl (C=O) groups is 1. The zero-order valence-electron chi connectivity index (χ0n) is 14.4. The van der Waals surface area contributed by atoms with Gasteiger partial charge in [-0.2, -0.15) is 5.26 Å². The van der Waals surface area contributed by atoms with E-state index in [0.717, 1.165) is 36.8 Å². The summed E-state index contributed by atoms with van der Waals surface area (Å²) in [7, 11) is 0. The average molecular weight is 310 g/mol. The Hall–Kier alpha value is -2.08. The molecule has 0 heterocycles. The van der Waals surface area contributed by atoms with Crippen molar-refractivity contribution in [2.45, 2.75) is 53.0 Å². The van der Waals surface area contributed by atoms with Gasteiger partial charge in [0.2, 0.25) is 0 Å². The molecule has 1 aliphatic rings. The highest BCUT2D eigenvalue weighted by Crippen LogP contribution is 2.40. The molecule has 1 amide bonds. The van der Waals surface area contributed by atoms with Crippen LogP contribution in [0.15, 0.2) is 41.5 Å². The van der Waals surface area contributed by atoms with Gasteiger partial charge in [0.1, 0.15) is 11.6 Å². The van der Waals surface area contributed by atoms with Gasteiger partial charge in [-0.3, -0.25) is 4.79 Å². The normalized spacial score (nSPS) is 18.2. The molecule has 1 aromatic carbocycles. The number of allylic oxidation sites excluding steroid dienone is 1. The van der Waals surface area contributed by atoms with Gasteiger partial charge in [-0.05, 0) is 48.2 Å². The van der Waals surface area contributed by atoms with Gasteiger partial charge in [0.25, 0.3) is 5.91 Å². The monoisotopic (exact) mass is 310 g/mol. The molecule has 0 radical (unpaired) electrons. The minimum atomic E-state index is -0.236. The van der Waals surface area contributed by atoms with Crippen molar-refractivity contribution >= 4 is 5.91 Å². The van der Waals surface area contributed by atoms with Gasteiger partial charge in [0.05, 0.1) is 0 Å². The van der Waals surface area contributed by atoms with Crippen LogP contribution in [0.2, 0.25) is 0 Å². The summed E-state index contributed by atoms with van der Waals surface area (Å²) < 4.78 is 0. The minimum absolute atomic E-state index is 0.236. The van der Waals surface area contributed by atoms with Crippen LogP contribution < -0.4 is 5.32 Å². The van der Waals surface area contributed by atoms with E-state index < -0.39 is 0 Å². The lowest BCUT2D eigenvalue weighted by Crippen LogP contribution is -2.27. The number of carbonyl (C=O) groups excluding carboxylic acids is 1. The lowest BCUT2D eigenvalue weighted by Gasteiger charge is -2.35. The standard InChI is InChI=1S/C20H26N2O/c1-20(2,3)17-11-9-16(10-12-17)18(13-21)19(23)22-14-15-7-5-4-6-8-15/h4-8,17H,9-12,14H2,1-3H3,(H,22,23). The van der Waals surface area contributed by atoms with E-state index in [1.165, 1.54) is 0 Å². The number of hydrogen-bond acceptors (Lipinski definition) is 2. The van der Waals surface area contributed by atoms with Crippen molar-refractivity contribution in [2.75, 3.05) is 0 Å². The molecule has 0 atom stereocenters. The summed E-state index contributed by atoms with van der Waals surface area (Å²) in [5, 5.41) is 12.3. The fourth-order valence-electron chi connectivity index (χ4n) is 3.24. The maximum Gasteiger partial charge on any atom is 0.262 e. The van der Waals surface area contributed by atoms with Crippen LogP contribution in [0.1, 0.15) is 52.0 Å². The van der Waals surface area contributed by atoms with Gasteiger partial charge in [0, 0.05) is 6.54 Å². The van der Waals surface area contributed by atoms with Crippen LogP contribution in [0.5, 0.6) is 0 Å². The topological polar surface area (TPSA) is 52.9 Å². The molecule has 3 nitrogen and oxygen atoms in total. The fraction of sp³-hybridized carbons (Fsp3) is 0.500. The molecule has 1 aromatic rings. The Bertz CT molecular complexity index is 607. The van der Waals surface area contributed by atoms with E-state index in [-0.39, 0.29) is 5.91 Å². The van der Waals surface area contributed by atoms with Crippen LogP contribution in [0.4, 0.5) is 0 Å². The summed E-state index contributed by atoms with van der Waals surface area (Å²) >= 11 is 0. The number of rotatable bonds is 3. The van der Waals surface area contributed by atoms with E-state index in [1.54, 1.807) is 0 Å². The summed E-state index contributed by atoms with van der Waals surface area (Å²) in [5.41, 5.74) is 2.69. The molecule has 0 aromatic heterocycles. The van der Waals surface area contributed by atoms with E-state index in [0.29, 0.717) is 23.5 Å². The van der Waals surface area contributed by atoms with Gasteiger partial charge < -0.3 is 5.32 Å². The molecule has 3 heteroatoms. The molecular weight excluding hydrogens is 284 g/mol. The lowest BCUT2D eigenvalue weighted by molar-refractivity contribution is -0.117. The van der Waals surface area contributed by atoms with Crippen LogP contribution in [0.25, 0.3) is 0 Å². The molecule has 0 bridgehead atoms. The number of nitrogens with one attached hydrogen (secondary N) is 1. The molecule has 0 unspecified atom stereocenters. The Morgan fingerprint density at radius 2 is 1.83 bits per heavy atom. The molecule has 1 fully saturated rings. The Kier molecular flexibility index (Phi) is 5.60. The Morgan fingerprint density at radius 1 is 1.22 bits per heavy atom. The molecule has 122 valence electrons. The van der Waals surface area contributed by atoms with Gasteiger partial charge >= 0.3 is 0 Å². The maximum absolute atomic E-state index is 12.3. The van der Waals surface area contributed by atoms with E-state index in [9.17, 15) is 10.1 Å². The molecule has 23 heavy (non-hydrogen) atoms. The molecule has 0 spiro atoms. The molecule has 0 aliphatic heterocycles. The number of nitrogens with zero attached hydrogens (tertiary/aromatic N) is 1. The third kappa shape index (κ3) is 4.69. The third-order valence-corrected chi connectivity index (χ3v) is 4.80. The predicted octanol–water partition coefficient (Wildman–Crippen LogP) is 4.36. The SMILES string of the molecule is CC(C)(C)C1CCC(=C(C#N)C(=O)NCc2ccccc2)CC1. The molecule has 1 N–H and O–H groups in total. The zero-order chi connectivity index (χ0) is 16.9. The second-order valence-corrected chi connectivity index (χ2v) is 7.40. The molecule has 0 saturated heterocycles. The molecule has 1 saturated carbocycles. The maximum atomic E-state index is 12.3. The summed E-state index contributed by atoms with van der Waals surface area (Å²) in [6.07, 6.45) is 3.86. The van der Waals surface area contributed by atoms with Crippen molar-refractivity contribution in [2.24, 2.45) is 11.3 Å². The van der Waals surface area contributed by atoms with Crippen molar-refractivity contribution in [3.05, 3.63) is 47.0 Å². The van der Waals surface area contributed by atoms with E-state index in [4.69, 9.17) is 0 Å². The highest BCUT2D eigenvalue weighted by molar-refractivity contribution is 5.98. The van der Waals surface area contributed by atoms with Crippen LogP contribution >= 0.6 is 0 Å². The molecular formula is C20H26N2O. The fourth-order valence-corrected chi connectivity index (χ4v) is 3.24. The van der Waals surface area contributed by atoms with Crippen molar-refractivity contribution < 1.29 is 4.79 Å². The van der Waals surface area contributed by atoms with E-state index in [2.05, 4.69) is 32.2 Å². The van der Waals surface area contributed by atoms with Crippen LogP contribution in [0.3, 0.4) is 0 Å². The Labute approximate surface area is 139 Å². The number of nitriles is 1. The lowest BCUT2D eigenvalue weighted by atomic mass is 9.71. The summed E-state index contributed by atoms with van der Waals surface area (Å²) in [6, 6.07) is 11.9. The largest absolute Gasteiger partial charge is 0.347 e. The smallest absolute Gasteiger partial charge is 0.262 e. The van der Waals surface area contributed by atoms with Gasteiger partial charge in [-0.1, -0.05) is 51.1 Å². The molecule has 1 aliphatic carbocycles. The number of hydrogen-bond donors (Lipinski definition) is 1. The van der Waals surface area contributed by atoms with Crippen LogP contribution in [0, 0.1) is 22.7 Å². The highest BCUT2D eigenvalue weighted by atomic mass is 16.1. The quantitative estimate of drug-likeness (QED) is 0.666. The molecule has 2 rings (SSSR count). The first kappa shape index (κ1) is 17.3. The van der Waals surface area contributed by atoms with E-state index >= 15 is 0 Å². The second-order valence-electron chi connectivity index (χ2n) is 7.40. The van der Waals surface area contributed by atoms with Crippen LogP contribution in [-0.2, 0) is 11.3 Å². The first-order valence-electron chi connectivity index (χ1n) is 8.36.